The van der Waals surface area contributed by atoms with Crippen LogP contribution < -0.4 is 4.74 Å². The van der Waals surface area contributed by atoms with Crippen molar-refractivity contribution in [2.45, 2.75) is 6.18 Å². The molecule has 0 saturated heterocycles. The summed E-state index contributed by atoms with van der Waals surface area (Å²) in [5.74, 6) is -0.0423. The minimum atomic E-state index is -4.55. The van der Waals surface area contributed by atoms with Gasteiger partial charge in [0.15, 0.2) is 5.71 Å². The fraction of sp³-hybridized carbons (Fsp3) is 0.133. The van der Waals surface area contributed by atoms with Gasteiger partial charge in [-0.05, 0) is 30.3 Å². The molecule has 6 nitrogen and oxygen atoms in total. The van der Waals surface area contributed by atoms with Gasteiger partial charge >= 0.3 is 6.18 Å². The zero-order valence-electron chi connectivity index (χ0n) is 12.3. The van der Waals surface area contributed by atoms with Crippen LogP contribution in [-0.2, 0) is 6.18 Å². The van der Waals surface area contributed by atoms with Crippen molar-refractivity contribution in [3.05, 3.63) is 68.7 Å². The van der Waals surface area contributed by atoms with E-state index in [2.05, 4.69) is 5.16 Å². The summed E-state index contributed by atoms with van der Waals surface area (Å²) in [6, 6.07) is 8.42. The highest BCUT2D eigenvalue weighted by Crippen LogP contribution is 2.37. The van der Waals surface area contributed by atoms with Crippen LogP contribution in [0, 0.1) is 10.1 Å². The van der Waals surface area contributed by atoms with Crippen molar-refractivity contribution < 1.29 is 28.0 Å². The van der Waals surface area contributed by atoms with Crippen LogP contribution in [0.3, 0.4) is 0 Å². The summed E-state index contributed by atoms with van der Waals surface area (Å²) in [6.07, 6.45) is -4.55. The number of halogens is 4. The Morgan fingerprint density at radius 2 is 1.92 bits per heavy atom. The van der Waals surface area contributed by atoms with Gasteiger partial charge in [0.1, 0.15) is 11.5 Å². The van der Waals surface area contributed by atoms with Crippen LogP contribution in [0.1, 0.15) is 11.1 Å². The molecule has 0 spiro atoms. The number of hydrogen-bond acceptors (Lipinski definition) is 5. The molecule has 25 heavy (non-hydrogen) atoms. The number of oxime groups is 1. The van der Waals surface area contributed by atoms with Crippen molar-refractivity contribution in [1.82, 2.24) is 0 Å². The molecule has 2 rings (SSSR count). The minimum Gasteiger partial charge on any atom is -0.455 e. The van der Waals surface area contributed by atoms with Gasteiger partial charge in [-0.25, -0.2) is 0 Å². The van der Waals surface area contributed by atoms with Crippen LogP contribution >= 0.6 is 11.6 Å². The van der Waals surface area contributed by atoms with E-state index in [4.69, 9.17) is 21.5 Å². The van der Waals surface area contributed by atoms with Crippen LogP contribution in [0.15, 0.2) is 47.6 Å². The fourth-order valence-corrected chi connectivity index (χ4v) is 2.18. The number of alkyl halides is 3. The Balaban J connectivity index is 2.37. The first-order valence-electron chi connectivity index (χ1n) is 6.69. The molecule has 0 heterocycles. The predicted molar refractivity (Wildman–Crippen MR) is 83.2 cm³/mol. The van der Waals surface area contributed by atoms with E-state index >= 15 is 0 Å². The van der Waals surface area contributed by atoms with Gasteiger partial charge in [0.05, 0.1) is 10.6 Å². The summed E-state index contributed by atoms with van der Waals surface area (Å²) >= 11 is 5.82. The first-order chi connectivity index (χ1) is 11.7. The second kappa shape index (κ2) is 7.39. The SMILES string of the molecule is O=[N+]([O-])C/C(=N\O)c1ccccc1Oc1ccc(C(F)(F)F)cc1Cl. The molecule has 0 amide bonds. The third-order valence-corrected chi connectivity index (χ3v) is 3.37. The smallest absolute Gasteiger partial charge is 0.416 e. The molecule has 0 fully saturated rings. The molecule has 0 aliphatic heterocycles. The molecule has 2 aromatic carbocycles. The van der Waals surface area contributed by atoms with Crippen LogP contribution in [0.25, 0.3) is 0 Å². The molecule has 2 aromatic rings. The van der Waals surface area contributed by atoms with Gasteiger partial charge in [0.2, 0.25) is 6.54 Å². The maximum atomic E-state index is 12.7. The van der Waals surface area contributed by atoms with E-state index in [9.17, 15) is 23.3 Å². The molecule has 0 atom stereocenters. The molecule has 0 radical (unpaired) electrons. The number of nitrogens with zero attached hydrogens (tertiary/aromatic N) is 2. The normalized spacial score (nSPS) is 12.1. The maximum Gasteiger partial charge on any atom is 0.416 e. The van der Waals surface area contributed by atoms with E-state index in [1.807, 2.05) is 0 Å². The lowest BCUT2D eigenvalue weighted by Crippen LogP contribution is -2.16. The van der Waals surface area contributed by atoms with Crippen molar-refractivity contribution in [3.8, 4) is 11.5 Å². The number of rotatable bonds is 5. The Kier molecular flexibility index (Phi) is 5.48. The molecular weight excluding hydrogens is 365 g/mol. The van der Waals surface area contributed by atoms with Crippen molar-refractivity contribution in [3.63, 3.8) is 0 Å². The number of ether oxygens (including phenoxy) is 1. The van der Waals surface area contributed by atoms with Crippen molar-refractivity contribution in [2.24, 2.45) is 5.16 Å². The monoisotopic (exact) mass is 374 g/mol. The molecule has 132 valence electrons. The maximum absolute atomic E-state index is 12.7. The van der Waals surface area contributed by atoms with Gasteiger partial charge in [0.25, 0.3) is 0 Å². The van der Waals surface area contributed by atoms with Gasteiger partial charge < -0.3 is 9.94 Å². The summed E-state index contributed by atoms with van der Waals surface area (Å²) in [7, 11) is 0. The van der Waals surface area contributed by atoms with Crippen LogP contribution in [0.5, 0.6) is 11.5 Å². The Morgan fingerprint density at radius 3 is 2.48 bits per heavy atom. The zero-order valence-corrected chi connectivity index (χ0v) is 13.1. The van der Waals surface area contributed by atoms with Gasteiger partial charge in [-0.1, -0.05) is 28.9 Å². The second-order valence-electron chi connectivity index (χ2n) is 4.78. The minimum absolute atomic E-state index is 0.0406. The average molecular weight is 375 g/mol. The predicted octanol–water partition coefficient (Wildman–Crippen LogP) is 4.61. The lowest BCUT2D eigenvalue weighted by molar-refractivity contribution is -0.463. The van der Waals surface area contributed by atoms with E-state index in [1.165, 1.54) is 24.3 Å². The van der Waals surface area contributed by atoms with E-state index in [0.717, 1.165) is 12.1 Å². The van der Waals surface area contributed by atoms with Crippen LogP contribution in [-0.4, -0.2) is 22.4 Å². The standard InChI is InChI=1S/C15H10ClF3N2O4/c16-11-7-9(15(17,18)19)5-6-14(11)25-13-4-2-1-3-10(13)12(20-22)8-21(23)24/h1-7,22H,8H2/b20-12+. The summed E-state index contributed by atoms with van der Waals surface area (Å²) in [4.78, 5) is 9.94. The Morgan fingerprint density at radius 1 is 1.24 bits per heavy atom. The van der Waals surface area contributed by atoms with E-state index < -0.39 is 23.2 Å². The lowest BCUT2D eigenvalue weighted by atomic mass is 10.1. The summed E-state index contributed by atoms with van der Waals surface area (Å²) in [5.41, 5.74) is -1.11. The molecule has 0 aliphatic rings. The lowest BCUT2D eigenvalue weighted by Gasteiger charge is -2.13. The third kappa shape index (κ3) is 4.60. The van der Waals surface area contributed by atoms with E-state index in [-0.39, 0.29) is 27.8 Å². The highest BCUT2D eigenvalue weighted by atomic mass is 35.5. The van der Waals surface area contributed by atoms with Gasteiger partial charge in [-0.2, -0.15) is 13.2 Å². The molecular formula is C15H10ClF3N2O4. The first-order valence-corrected chi connectivity index (χ1v) is 7.07. The zero-order chi connectivity index (χ0) is 18.6. The van der Waals surface area contributed by atoms with Crippen molar-refractivity contribution in [1.29, 1.82) is 0 Å². The number of nitro groups is 1. The van der Waals surface area contributed by atoms with E-state index in [0.29, 0.717) is 6.07 Å². The summed E-state index contributed by atoms with van der Waals surface area (Å²) < 4.78 is 43.4. The van der Waals surface area contributed by atoms with Gasteiger partial charge in [-0.3, -0.25) is 10.1 Å². The van der Waals surface area contributed by atoms with Crippen LogP contribution in [0.4, 0.5) is 13.2 Å². The molecule has 0 aliphatic carbocycles. The van der Waals surface area contributed by atoms with Crippen molar-refractivity contribution >= 4 is 17.3 Å². The van der Waals surface area contributed by atoms with Gasteiger partial charge in [0, 0.05) is 10.5 Å². The molecule has 1 N–H and O–H groups in total. The number of para-hydroxylation sites is 1. The topological polar surface area (TPSA) is 85.0 Å². The Hall–Kier alpha value is -2.81. The summed E-state index contributed by atoms with van der Waals surface area (Å²) in [5, 5.41) is 22.2. The third-order valence-electron chi connectivity index (χ3n) is 3.08. The summed E-state index contributed by atoms with van der Waals surface area (Å²) in [6.45, 7) is -0.766. The molecule has 0 bridgehead atoms. The van der Waals surface area contributed by atoms with Crippen LogP contribution in [0.2, 0.25) is 5.02 Å². The first kappa shape index (κ1) is 18.5. The Bertz CT molecular complexity index is 825. The highest BCUT2D eigenvalue weighted by molar-refractivity contribution is 6.32. The molecule has 0 aromatic heterocycles. The fourth-order valence-electron chi connectivity index (χ4n) is 1.97. The van der Waals surface area contributed by atoms with Gasteiger partial charge in [-0.15, -0.1) is 0 Å². The largest absolute Gasteiger partial charge is 0.455 e. The number of hydrogen-bond donors (Lipinski definition) is 1. The molecule has 0 unspecified atom stereocenters. The quantitative estimate of drug-likeness (QED) is 0.358. The van der Waals surface area contributed by atoms with E-state index in [1.54, 1.807) is 0 Å². The highest BCUT2D eigenvalue weighted by Gasteiger charge is 2.31. The molecule has 10 heteroatoms. The second-order valence-corrected chi connectivity index (χ2v) is 5.19. The molecule has 0 saturated carbocycles. The Labute approximate surface area is 144 Å². The average Bonchev–Trinajstić information content (AvgIpc) is 2.54. The number of benzene rings is 2. The van der Waals surface area contributed by atoms with Crippen molar-refractivity contribution in [2.75, 3.05) is 6.54 Å².